The predicted molar refractivity (Wildman–Crippen MR) is 76.6 cm³/mol. The van der Waals surface area contributed by atoms with Gasteiger partial charge in [-0.05, 0) is 17.7 Å². The van der Waals surface area contributed by atoms with E-state index in [0.717, 1.165) is 18.7 Å². The van der Waals surface area contributed by atoms with Crippen molar-refractivity contribution in [3.63, 3.8) is 0 Å². The molecule has 19 heavy (non-hydrogen) atoms. The van der Waals surface area contributed by atoms with E-state index >= 15 is 0 Å². The fraction of sp³-hybridized carbons (Fsp3) is 0.467. The zero-order valence-corrected chi connectivity index (χ0v) is 11.4. The smallest absolute Gasteiger partial charge is 0.0589 e. The van der Waals surface area contributed by atoms with Crippen LogP contribution in [0.15, 0.2) is 24.3 Å². The summed E-state index contributed by atoms with van der Waals surface area (Å²) < 4.78 is 5.07. The van der Waals surface area contributed by atoms with Crippen LogP contribution in [0.1, 0.15) is 11.1 Å². The highest BCUT2D eigenvalue weighted by Crippen LogP contribution is 2.07. The van der Waals surface area contributed by atoms with Crippen LogP contribution in [0.4, 0.5) is 0 Å². The second-order valence-corrected chi connectivity index (χ2v) is 4.20. The van der Waals surface area contributed by atoms with Gasteiger partial charge in [0, 0.05) is 32.3 Å². The molecule has 1 aromatic carbocycles. The number of benzene rings is 1. The summed E-state index contributed by atoms with van der Waals surface area (Å²) in [6.45, 7) is 3.40. The maximum atomic E-state index is 9.07. The molecule has 0 saturated carbocycles. The minimum Gasteiger partial charge on any atom is -0.395 e. The first-order valence-electron chi connectivity index (χ1n) is 6.40. The van der Waals surface area contributed by atoms with Crippen LogP contribution in [0.25, 0.3) is 0 Å². The molecular weight excluding hydrogens is 240 g/mol. The molecule has 3 N–H and O–H groups in total. The summed E-state index contributed by atoms with van der Waals surface area (Å²) in [6.07, 6.45) is 0. The van der Waals surface area contributed by atoms with Gasteiger partial charge in [-0.15, -0.1) is 0 Å². The van der Waals surface area contributed by atoms with Crippen molar-refractivity contribution in [1.29, 1.82) is 0 Å². The topological polar surface area (TPSA) is 58.7 Å². The van der Waals surface area contributed by atoms with Crippen LogP contribution in [0.3, 0.4) is 0 Å². The molecule has 4 nitrogen and oxygen atoms in total. The average Bonchev–Trinajstić information content (AvgIpc) is 2.43. The third-order valence-electron chi connectivity index (χ3n) is 2.70. The lowest BCUT2D eigenvalue weighted by atomic mass is 10.1. The number of nitrogens with zero attached hydrogens (tertiary/aromatic N) is 1. The summed E-state index contributed by atoms with van der Waals surface area (Å²) in [5, 5.41) is 9.07. The van der Waals surface area contributed by atoms with Gasteiger partial charge >= 0.3 is 0 Å². The standard InChI is InChI=1S/C15H22N2O2/c1-19-11-9-17(8-10-18)13-15-5-2-4-14(12-15)6-3-7-16/h2,4-5,12,18H,7-11,13,16H2,1H3. The van der Waals surface area contributed by atoms with Gasteiger partial charge in [0.1, 0.15) is 0 Å². The molecule has 0 bridgehead atoms. The Kier molecular flexibility index (Phi) is 7.87. The van der Waals surface area contributed by atoms with Crippen LogP contribution in [0.2, 0.25) is 0 Å². The number of nitrogens with two attached hydrogens (primary N) is 1. The molecule has 0 fully saturated rings. The quantitative estimate of drug-likeness (QED) is 0.700. The molecule has 0 amide bonds. The molecule has 1 aromatic rings. The summed E-state index contributed by atoms with van der Waals surface area (Å²) in [5.41, 5.74) is 7.51. The molecule has 0 aliphatic carbocycles. The lowest BCUT2D eigenvalue weighted by Gasteiger charge is -2.20. The van der Waals surface area contributed by atoms with Gasteiger partial charge in [-0.2, -0.15) is 0 Å². The zero-order chi connectivity index (χ0) is 13.9. The molecule has 1 rings (SSSR count). The van der Waals surface area contributed by atoms with Crippen molar-refractivity contribution < 1.29 is 9.84 Å². The SMILES string of the molecule is COCCN(CCO)Cc1cccc(C#CCN)c1. The fourth-order valence-electron chi connectivity index (χ4n) is 1.79. The number of methoxy groups -OCH3 is 1. The predicted octanol–water partition coefficient (Wildman–Crippen LogP) is 0.438. The second kappa shape index (κ2) is 9.54. The van der Waals surface area contributed by atoms with E-state index < -0.39 is 0 Å². The fourth-order valence-corrected chi connectivity index (χ4v) is 1.79. The van der Waals surface area contributed by atoms with Crippen molar-refractivity contribution in [2.45, 2.75) is 6.54 Å². The van der Waals surface area contributed by atoms with E-state index in [-0.39, 0.29) is 6.61 Å². The molecule has 0 spiro atoms. The van der Waals surface area contributed by atoms with Gasteiger partial charge in [0.25, 0.3) is 0 Å². The van der Waals surface area contributed by atoms with E-state index in [1.54, 1.807) is 7.11 Å². The minimum absolute atomic E-state index is 0.149. The van der Waals surface area contributed by atoms with Gasteiger partial charge in [0.2, 0.25) is 0 Å². The molecular formula is C15H22N2O2. The highest BCUT2D eigenvalue weighted by molar-refractivity contribution is 5.37. The first kappa shape index (κ1) is 15.7. The lowest BCUT2D eigenvalue weighted by molar-refractivity contribution is 0.127. The van der Waals surface area contributed by atoms with Crippen LogP contribution < -0.4 is 5.73 Å². The van der Waals surface area contributed by atoms with Crippen molar-refractivity contribution in [3.8, 4) is 11.8 Å². The van der Waals surface area contributed by atoms with E-state index in [4.69, 9.17) is 15.6 Å². The number of rotatable bonds is 7. The highest BCUT2D eigenvalue weighted by atomic mass is 16.5. The summed E-state index contributed by atoms with van der Waals surface area (Å²) in [7, 11) is 1.68. The van der Waals surface area contributed by atoms with Crippen LogP contribution in [0, 0.1) is 11.8 Å². The van der Waals surface area contributed by atoms with E-state index in [0.29, 0.717) is 19.7 Å². The normalized spacial score (nSPS) is 10.3. The Morgan fingerprint density at radius 3 is 2.89 bits per heavy atom. The van der Waals surface area contributed by atoms with Crippen LogP contribution in [-0.4, -0.2) is 50.0 Å². The lowest BCUT2D eigenvalue weighted by Crippen LogP contribution is -2.29. The number of aliphatic hydroxyl groups excluding tert-OH is 1. The largest absolute Gasteiger partial charge is 0.395 e. The van der Waals surface area contributed by atoms with E-state index in [1.807, 2.05) is 12.1 Å². The van der Waals surface area contributed by atoms with Crippen LogP contribution >= 0.6 is 0 Å². The van der Waals surface area contributed by atoms with Crippen LogP contribution in [-0.2, 0) is 11.3 Å². The summed E-state index contributed by atoms with van der Waals surface area (Å²) in [4.78, 5) is 2.15. The average molecular weight is 262 g/mol. The van der Waals surface area contributed by atoms with E-state index in [2.05, 4.69) is 28.9 Å². The zero-order valence-electron chi connectivity index (χ0n) is 11.4. The number of aliphatic hydroxyl groups is 1. The third-order valence-corrected chi connectivity index (χ3v) is 2.70. The van der Waals surface area contributed by atoms with Gasteiger partial charge in [0.05, 0.1) is 19.8 Å². The minimum atomic E-state index is 0.149. The maximum absolute atomic E-state index is 9.07. The first-order valence-corrected chi connectivity index (χ1v) is 6.40. The van der Waals surface area contributed by atoms with E-state index in [1.165, 1.54) is 5.56 Å². The summed E-state index contributed by atoms with van der Waals surface area (Å²) in [5.74, 6) is 5.87. The number of hydrogen-bond donors (Lipinski definition) is 2. The Morgan fingerprint density at radius 2 is 2.21 bits per heavy atom. The number of hydrogen-bond acceptors (Lipinski definition) is 4. The number of ether oxygens (including phenoxy) is 1. The third kappa shape index (κ3) is 6.37. The Labute approximate surface area is 115 Å². The molecule has 0 saturated heterocycles. The van der Waals surface area contributed by atoms with Gasteiger partial charge in [-0.3, -0.25) is 4.90 Å². The van der Waals surface area contributed by atoms with Crippen molar-refractivity contribution >= 4 is 0 Å². The molecule has 0 heterocycles. The van der Waals surface area contributed by atoms with Crippen molar-refractivity contribution in [2.24, 2.45) is 5.73 Å². The Morgan fingerprint density at radius 1 is 1.37 bits per heavy atom. The van der Waals surface area contributed by atoms with Crippen molar-refractivity contribution in [2.75, 3.05) is 40.0 Å². The molecule has 0 atom stereocenters. The molecule has 104 valence electrons. The van der Waals surface area contributed by atoms with Gasteiger partial charge in [-0.1, -0.05) is 24.0 Å². The Hall–Kier alpha value is -1.38. The molecule has 4 heteroatoms. The monoisotopic (exact) mass is 262 g/mol. The van der Waals surface area contributed by atoms with E-state index in [9.17, 15) is 0 Å². The summed E-state index contributed by atoms with van der Waals surface area (Å²) in [6, 6.07) is 8.08. The molecule has 0 aliphatic heterocycles. The Balaban J connectivity index is 2.67. The second-order valence-electron chi connectivity index (χ2n) is 4.20. The highest BCUT2D eigenvalue weighted by Gasteiger charge is 2.05. The summed E-state index contributed by atoms with van der Waals surface area (Å²) >= 11 is 0. The van der Waals surface area contributed by atoms with Gasteiger partial charge < -0.3 is 15.6 Å². The molecule has 0 aromatic heterocycles. The van der Waals surface area contributed by atoms with Crippen LogP contribution in [0.5, 0.6) is 0 Å². The Bertz CT molecular complexity index is 424. The maximum Gasteiger partial charge on any atom is 0.0589 e. The molecule has 0 aliphatic rings. The molecule has 0 radical (unpaired) electrons. The van der Waals surface area contributed by atoms with Gasteiger partial charge in [-0.25, -0.2) is 0 Å². The molecule has 0 unspecified atom stereocenters. The van der Waals surface area contributed by atoms with Crippen molar-refractivity contribution in [3.05, 3.63) is 35.4 Å². The van der Waals surface area contributed by atoms with Crippen molar-refractivity contribution in [1.82, 2.24) is 4.90 Å². The van der Waals surface area contributed by atoms with Gasteiger partial charge in [0.15, 0.2) is 0 Å². The first-order chi connectivity index (χ1) is 9.30.